The number of imide groups is 1. The van der Waals surface area contributed by atoms with Gasteiger partial charge in [0.05, 0.1) is 12.6 Å². The maximum atomic E-state index is 13.0. The first kappa shape index (κ1) is 19.8. The highest BCUT2D eigenvalue weighted by Crippen LogP contribution is 2.34. The second-order valence-corrected chi connectivity index (χ2v) is 8.52. The summed E-state index contributed by atoms with van der Waals surface area (Å²) in [6.07, 6.45) is 6.15. The van der Waals surface area contributed by atoms with Gasteiger partial charge in [-0.3, -0.25) is 14.5 Å². The number of likely N-dealkylation sites (tertiary alicyclic amines) is 1. The Morgan fingerprint density at radius 1 is 1.24 bits per heavy atom. The molecule has 8 nitrogen and oxygen atoms in total. The number of amides is 4. The summed E-state index contributed by atoms with van der Waals surface area (Å²) in [5.74, 6) is 0.211. The number of anilines is 1. The fourth-order valence-corrected chi connectivity index (χ4v) is 4.74. The summed E-state index contributed by atoms with van der Waals surface area (Å²) >= 11 is 0. The molecule has 0 radical (unpaired) electrons. The van der Waals surface area contributed by atoms with Gasteiger partial charge < -0.3 is 10.6 Å². The molecule has 0 aromatic carbocycles. The van der Waals surface area contributed by atoms with Crippen LogP contribution in [0.4, 0.5) is 10.6 Å². The van der Waals surface area contributed by atoms with E-state index in [0.717, 1.165) is 57.2 Å². The van der Waals surface area contributed by atoms with Crippen LogP contribution < -0.4 is 10.6 Å². The standard InChI is InChI=1S/C21H29N5O3/c1-15-7-5-9-17(22-15)23-18(27)16-8-6-12-25(13-16)14-26-19(28)21(24-20(26)29)10-3-2-4-11-21/h5,7,9,16H,2-4,6,8,10-14H2,1H3,(H,24,29)(H,22,23,27)/t16-/m0/s1. The molecule has 29 heavy (non-hydrogen) atoms. The van der Waals surface area contributed by atoms with Crippen LogP contribution >= 0.6 is 0 Å². The largest absolute Gasteiger partial charge is 0.326 e. The van der Waals surface area contributed by atoms with Crippen LogP contribution in [0.15, 0.2) is 18.2 Å². The molecule has 8 heteroatoms. The maximum Gasteiger partial charge on any atom is 0.326 e. The topological polar surface area (TPSA) is 94.6 Å². The highest BCUT2D eigenvalue weighted by molar-refractivity contribution is 6.07. The van der Waals surface area contributed by atoms with Crippen LogP contribution in [-0.4, -0.2) is 57.9 Å². The minimum atomic E-state index is -0.696. The third-order valence-electron chi connectivity index (χ3n) is 6.31. The second kappa shape index (κ2) is 8.10. The Morgan fingerprint density at radius 3 is 2.79 bits per heavy atom. The Bertz CT molecular complexity index is 805. The molecule has 2 saturated heterocycles. The number of urea groups is 1. The molecule has 1 spiro atoms. The maximum absolute atomic E-state index is 13.0. The van der Waals surface area contributed by atoms with Gasteiger partial charge in [-0.25, -0.2) is 14.7 Å². The van der Waals surface area contributed by atoms with Crippen molar-refractivity contribution in [2.75, 3.05) is 25.1 Å². The minimum absolute atomic E-state index is 0.0613. The number of rotatable bonds is 4. The summed E-state index contributed by atoms with van der Waals surface area (Å²) in [6.45, 7) is 3.44. The zero-order chi connectivity index (χ0) is 20.4. The Kier molecular flexibility index (Phi) is 5.54. The number of aryl methyl sites for hydroxylation is 1. The van der Waals surface area contributed by atoms with E-state index in [1.807, 2.05) is 24.0 Å². The fraction of sp³-hybridized carbons (Fsp3) is 0.619. The number of carbonyl (C=O) groups is 3. The third kappa shape index (κ3) is 4.12. The zero-order valence-corrected chi connectivity index (χ0v) is 16.9. The molecule has 4 amide bonds. The lowest BCUT2D eigenvalue weighted by Crippen LogP contribution is -2.50. The third-order valence-corrected chi connectivity index (χ3v) is 6.31. The number of pyridine rings is 1. The quantitative estimate of drug-likeness (QED) is 0.758. The first-order valence-corrected chi connectivity index (χ1v) is 10.6. The Hall–Kier alpha value is -2.48. The molecule has 1 atom stereocenters. The van der Waals surface area contributed by atoms with Gasteiger partial charge in [-0.15, -0.1) is 0 Å². The number of nitrogens with one attached hydrogen (secondary N) is 2. The lowest BCUT2D eigenvalue weighted by Gasteiger charge is -2.34. The zero-order valence-electron chi connectivity index (χ0n) is 16.9. The normalized spacial score (nSPS) is 24.6. The lowest BCUT2D eigenvalue weighted by atomic mass is 9.82. The number of aromatic nitrogens is 1. The van der Waals surface area contributed by atoms with Gasteiger partial charge >= 0.3 is 6.03 Å². The molecule has 0 bridgehead atoms. The minimum Gasteiger partial charge on any atom is -0.323 e. The Labute approximate surface area is 171 Å². The molecular formula is C21H29N5O3. The van der Waals surface area contributed by atoms with Crippen molar-refractivity contribution in [3.05, 3.63) is 23.9 Å². The molecule has 0 unspecified atom stereocenters. The number of hydrogen-bond acceptors (Lipinski definition) is 5. The number of nitrogens with zero attached hydrogens (tertiary/aromatic N) is 3. The van der Waals surface area contributed by atoms with Crippen molar-refractivity contribution >= 4 is 23.7 Å². The van der Waals surface area contributed by atoms with Crippen molar-refractivity contribution in [3.8, 4) is 0 Å². The number of piperidine rings is 1. The molecular weight excluding hydrogens is 370 g/mol. The number of hydrogen-bond donors (Lipinski definition) is 2. The highest BCUT2D eigenvalue weighted by atomic mass is 16.2. The van der Waals surface area contributed by atoms with Crippen LogP contribution in [0.3, 0.4) is 0 Å². The monoisotopic (exact) mass is 399 g/mol. The average Bonchev–Trinajstić information content (AvgIpc) is 2.93. The molecule has 3 aliphatic rings. The average molecular weight is 399 g/mol. The van der Waals surface area contributed by atoms with Crippen LogP contribution in [0.5, 0.6) is 0 Å². The lowest BCUT2D eigenvalue weighted by molar-refractivity contribution is -0.134. The summed E-state index contributed by atoms with van der Waals surface area (Å²) in [6, 6.07) is 5.23. The molecule has 2 aliphatic heterocycles. The van der Waals surface area contributed by atoms with Gasteiger partial charge in [-0.2, -0.15) is 0 Å². The van der Waals surface area contributed by atoms with E-state index in [-0.39, 0.29) is 30.4 Å². The molecule has 1 aromatic rings. The van der Waals surface area contributed by atoms with Crippen molar-refractivity contribution in [2.24, 2.45) is 5.92 Å². The van der Waals surface area contributed by atoms with Gasteiger partial charge in [0.15, 0.2) is 0 Å². The SMILES string of the molecule is Cc1cccc(NC(=O)[C@H]2CCCN(CN3C(=O)NC4(CCCCC4)C3=O)C2)n1. The Balaban J connectivity index is 1.37. The molecule has 3 heterocycles. The van der Waals surface area contributed by atoms with E-state index in [4.69, 9.17) is 0 Å². The Morgan fingerprint density at radius 2 is 2.03 bits per heavy atom. The summed E-state index contributed by atoms with van der Waals surface area (Å²) in [4.78, 5) is 45.9. The van der Waals surface area contributed by atoms with E-state index in [0.29, 0.717) is 12.4 Å². The van der Waals surface area contributed by atoms with Crippen molar-refractivity contribution < 1.29 is 14.4 Å². The van der Waals surface area contributed by atoms with Gasteiger partial charge in [-0.1, -0.05) is 25.3 Å². The van der Waals surface area contributed by atoms with Gasteiger partial charge in [-0.05, 0) is 51.3 Å². The summed E-state index contributed by atoms with van der Waals surface area (Å²) in [5.41, 5.74) is 0.155. The van der Waals surface area contributed by atoms with Crippen LogP contribution in [0.2, 0.25) is 0 Å². The molecule has 1 aromatic heterocycles. The van der Waals surface area contributed by atoms with Crippen LogP contribution in [-0.2, 0) is 9.59 Å². The van der Waals surface area contributed by atoms with Crippen LogP contribution in [0.1, 0.15) is 50.6 Å². The van der Waals surface area contributed by atoms with Crippen molar-refractivity contribution in [2.45, 2.75) is 57.4 Å². The fourth-order valence-electron chi connectivity index (χ4n) is 4.74. The van der Waals surface area contributed by atoms with Gasteiger partial charge in [0.2, 0.25) is 5.91 Å². The molecule has 3 fully saturated rings. The summed E-state index contributed by atoms with van der Waals surface area (Å²) in [5, 5.41) is 5.85. The molecule has 156 valence electrons. The number of carbonyl (C=O) groups excluding carboxylic acids is 3. The van der Waals surface area contributed by atoms with Crippen molar-refractivity contribution in [1.29, 1.82) is 0 Å². The van der Waals surface area contributed by atoms with Gasteiger partial charge in [0.1, 0.15) is 11.4 Å². The second-order valence-electron chi connectivity index (χ2n) is 8.52. The van der Waals surface area contributed by atoms with Crippen LogP contribution in [0.25, 0.3) is 0 Å². The van der Waals surface area contributed by atoms with Crippen molar-refractivity contribution in [3.63, 3.8) is 0 Å². The molecule has 4 rings (SSSR count). The van der Waals surface area contributed by atoms with E-state index in [2.05, 4.69) is 15.6 Å². The molecule has 2 N–H and O–H groups in total. The first-order chi connectivity index (χ1) is 14.0. The van der Waals surface area contributed by atoms with Gasteiger partial charge in [0.25, 0.3) is 5.91 Å². The summed E-state index contributed by atoms with van der Waals surface area (Å²) in [7, 11) is 0. The van der Waals surface area contributed by atoms with E-state index in [1.165, 1.54) is 4.90 Å². The first-order valence-electron chi connectivity index (χ1n) is 10.6. The smallest absolute Gasteiger partial charge is 0.323 e. The predicted molar refractivity (Wildman–Crippen MR) is 108 cm³/mol. The van der Waals surface area contributed by atoms with Crippen molar-refractivity contribution in [1.82, 2.24) is 20.1 Å². The van der Waals surface area contributed by atoms with E-state index >= 15 is 0 Å². The molecule has 1 saturated carbocycles. The van der Waals surface area contributed by atoms with E-state index < -0.39 is 5.54 Å². The van der Waals surface area contributed by atoms with E-state index in [9.17, 15) is 14.4 Å². The van der Waals surface area contributed by atoms with Gasteiger partial charge in [0, 0.05) is 12.2 Å². The predicted octanol–water partition coefficient (Wildman–Crippen LogP) is 2.25. The van der Waals surface area contributed by atoms with E-state index in [1.54, 1.807) is 6.07 Å². The molecule has 1 aliphatic carbocycles. The highest BCUT2D eigenvalue weighted by Gasteiger charge is 2.51. The van der Waals surface area contributed by atoms with Crippen LogP contribution in [0, 0.1) is 12.8 Å². The summed E-state index contributed by atoms with van der Waals surface area (Å²) < 4.78 is 0.